The van der Waals surface area contributed by atoms with E-state index < -0.39 is 0 Å². The van der Waals surface area contributed by atoms with E-state index in [1.165, 1.54) is 16.7 Å². The highest BCUT2D eigenvalue weighted by Gasteiger charge is 2.23. The van der Waals surface area contributed by atoms with Crippen LogP contribution in [-0.4, -0.2) is 36.3 Å². The van der Waals surface area contributed by atoms with Gasteiger partial charge in [0.25, 0.3) is 0 Å². The van der Waals surface area contributed by atoms with E-state index in [4.69, 9.17) is 4.74 Å². The molecule has 0 aliphatic carbocycles. The SMILES string of the molecule is COc1cc(C)cc(C)c1CN(C)C(C)(C)CO. The van der Waals surface area contributed by atoms with Crippen molar-refractivity contribution in [1.82, 2.24) is 4.90 Å². The summed E-state index contributed by atoms with van der Waals surface area (Å²) in [5.41, 5.74) is 3.39. The lowest BCUT2D eigenvalue weighted by Gasteiger charge is -2.34. The van der Waals surface area contributed by atoms with Gasteiger partial charge in [0.1, 0.15) is 5.75 Å². The van der Waals surface area contributed by atoms with Crippen LogP contribution in [0.3, 0.4) is 0 Å². The van der Waals surface area contributed by atoms with Gasteiger partial charge in [0.15, 0.2) is 0 Å². The third kappa shape index (κ3) is 3.24. The van der Waals surface area contributed by atoms with Crippen LogP contribution < -0.4 is 4.74 Å². The van der Waals surface area contributed by atoms with Crippen molar-refractivity contribution in [2.75, 3.05) is 20.8 Å². The Morgan fingerprint density at radius 2 is 1.89 bits per heavy atom. The van der Waals surface area contributed by atoms with Crippen LogP contribution >= 0.6 is 0 Å². The first-order chi connectivity index (χ1) is 8.31. The maximum Gasteiger partial charge on any atom is 0.123 e. The van der Waals surface area contributed by atoms with Crippen LogP contribution in [0.2, 0.25) is 0 Å². The van der Waals surface area contributed by atoms with E-state index in [-0.39, 0.29) is 12.1 Å². The highest BCUT2D eigenvalue weighted by Crippen LogP contribution is 2.27. The minimum Gasteiger partial charge on any atom is -0.496 e. The van der Waals surface area contributed by atoms with E-state index in [9.17, 15) is 5.11 Å². The molecule has 1 rings (SSSR count). The summed E-state index contributed by atoms with van der Waals surface area (Å²) in [6.45, 7) is 9.14. The molecule has 0 unspecified atom stereocenters. The number of rotatable bonds is 5. The summed E-state index contributed by atoms with van der Waals surface area (Å²) in [6.07, 6.45) is 0. The van der Waals surface area contributed by atoms with Crippen molar-refractivity contribution in [3.05, 3.63) is 28.8 Å². The summed E-state index contributed by atoms with van der Waals surface area (Å²) >= 11 is 0. The molecular weight excluding hydrogens is 226 g/mol. The first-order valence-electron chi connectivity index (χ1n) is 6.28. The normalized spacial score (nSPS) is 12.0. The molecule has 3 nitrogen and oxygen atoms in total. The molecule has 3 heteroatoms. The maximum absolute atomic E-state index is 9.41. The van der Waals surface area contributed by atoms with Crippen molar-refractivity contribution >= 4 is 0 Å². The van der Waals surface area contributed by atoms with Crippen molar-refractivity contribution in [2.45, 2.75) is 39.8 Å². The molecule has 0 fully saturated rings. The Kier molecular flexibility index (Phi) is 4.77. The molecule has 18 heavy (non-hydrogen) atoms. The highest BCUT2D eigenvalue weighted by molar-refractivity contribution is 5.43. The number of hydrogen-bond donors (Lipinski definition) is 1. The van der Waals surface area contributed by atoms with E-state index in [0.717, 1.165) is 12.3 Å². The molecule has 0 saturated heterocycles. The van der Waals surface area contributed by atoms with Gasteiger partial charge in [0, 0.05) is 17.6 Å². The van der Waals surface area contributed by atoms with E-state index in [2.05, 4.69) is 30.9 Å². The van der Waals surface area contributed by atoms with Gasteiger partial charge in [-0.05, 0) is 51.9 Å². The number of likely N-dealkylation sites (N-methyl/N-ethyl adjacent to an activating group) is 1. The molecule has 0 saturated carbocycles. The Labute approximate surface area is 110 Å². The smallest absolute Gasteiger partial charge is 0.123 e. The fourth-order valence-corrected chi connectivity index (χ4v) is 1.92. The van der Waals surface area contributed by atoms with Gasteiger partial charge in [-0.1, -0.05) is 6.07 Å². The topological polar surface area (TPSA) is 32.7 Å². The molecule has 0 aliphatic heterocycles. The monoisotopic (exact) mass is 251 g/mol. The number of aliphatic hydroxyl groups excluding tert-OH is 1. The third-order valence-corrected chi connectivity index (χ3v) is 3.61. The fourth-order valence-electron chi connectivity index (χ4n) is 1.92. The molecule has 0 amide bonds. The first-order valence-corrected chi connectivity index (χ1v) is 6.28. The van der Waals surface area contributed by atoms with Crippen LogP contribution in [0.1, 0.15) is 30.5 Å². The summed E-state index contributed by atoms with van der Waals surface area (Å²) in [5.74, 6) is 0.924. The van der Waals surface area contributed by atoms with Crippen LogP contribution in [-0.2, 0) is 6.54 Å². The summed E-state index contributed by atoms with van der Waals surface area (Å²) < 4.78 is 5.47. The van der Waals surface area contributed by atoms with E-state index >= 15 is 0 Å². The van der Waals surface area contributed by atoms with Crippen LogP contribution in [0, 0.1) is 13.8 Å². The number of methoxy groups -OCH3 is 1. The van der Waals surface area contributed by atoms with Crippen LogP contribution in [0.4, 0.5) is 0 Å². The second-order valence-corrected chi connectivity index (χ2v) is 5.59. The maximum atomic E-state index is 9.41. The average molecular weight is 251 g/mol. The second kappa shape index (κ2) is 5.72. The van der Waals surface area contributed by atoms with Crippen LogP contribution in [0.25, 0.3) is 0 Å². The number of hydrogen-bond acceptors (Lipinski definition) is 3. The van der Waals surface area contributed by atoms with Gasteiger partial charge in [0.2, 0.25) is 0 Å². The predicted octanol–water partition coefficient (Wildman–Crippen LogP) is 2.51. The Bertz CT molecular complexity index is 413. The van der Waals surface area contributed by atoms with Gasteiger partial charge >= 0.3 is 0 Å². The summed E-state index contributed by atoms with van der Waals surface area (Å²) in [4.78, 5) is 2.15. The number of aliphatic hydroxyl groups is 1. The first kappa shape index (κ1) is 15.0. The van der Waals surface area contributed by atoms with Gasteiger partial charge in [-0.15, -0.1) is 0 Å². The van der Waals surface area contributed by atoms with E-state index in [0.29, 0.717) is 0 Å². The Morgan fingerprint density at radius 3 is 2.39 bits per heavy atom. The summed E-state index contributed by atoms with van der Waals surface area (Å²) in [7, 11) is 3.73. The highest BCUT2D eigenvalue weighted by atomic mass is 16.5. The van der Waals surface area contributed by atoms with E-state index in [1.807, 2.05) is 20.9 Å². The molecule has 0 radical (unpaired) electrons. The fraction of sp³-hybridized carbons (Fsp3) is 0.600. The molecule has 0 aliphatic rings. The zero-order valence-electron chi connectivity index (χ0n) is 12.4. The Balaban J connectivity index is 3.04. The van der Waals surface area contributed by atoms with Gasteiger partial charge < -0.3 is 9.84 Å². The number of aryl methyl sites for hydroxylation is 2. The molecule has 102 valence electrons. The second-order valence-electron chi connectivity index (χ2n) is 5.59. The van der Waals surface area contributed by atoms with Crippen molar-refractivity contribution < 1.29 is 9.84 Å². The molecule has 0 bridgehead atoms. The number of benzene rings is 1. The minimum atomic E-state index is -0.234. The lowest BCUT2D eigenvalue weighted by atomic mass is 10.00. The minimum absolute atomic E-state index is 0.136. The van der Waals surface area contributed by atoms with E-state index in [1.54, 1.807) is 7.11 Å². The van der Waals surface area contributed by atoms with Gasteiger partial charge in [-0.25, -0.2) is 0 Å². The molecule has 0 atom stereocenters. The average Bonchev–Trinajstić information content (AvgIpc) is 2.31. The number of nitrogens with zero attached hydrogens (tertiary/aromatic N) is 1. The Morgan fingerprint density at radius 1 is 1.28 bits per heavy atom. The predicted molar refractivity (Wildman–Crippen MR) is 75.1 cm³/mol. The number of ether oxygens (including phenoxy) is 1. The zero-order chi connectivity index (χ0) is 13.9. The standard InChI is InChI=1S/C15H25NO2/c1-11-7-12(2)13(14(8-11)18-6)9-16(5)15(3,4)10-17/h7-8,17H,9-10H2,1-6H3. The molecule has 0 heterocycles. The lowest BCUT2D eigenvalue weighted by molar-refractivity contribution is 0.0726. The third-order valence-electron chi connectivity index (χ3n) is 3.61. The molecule has 1 aromatic rings. The molecule has 0 aromatic heterocycles. The van der Waals surface area contributed by atoms with Gasteiger partial charge in [0.05, 0.1) is 13.7 Å². The van der Waals surface area contributed by atoms with Crippen LogP contribution in [0.15, 0.2) is 12.1 Å². The quantitative estimate of drug-likeness (QED) is 0.873. The van der Waals surface area contributed by atoms with Crippen molar-refractivity contribution in [3.63, 3.8) is 0 Å². The van der Waals surface area contributed by atoms with Crippen LogP contribution in [0.5, 0.6) is 5.75 Å². The van der Waals surface area contributed by atoms with Crippen molar-refractivity contribution in [3.8, 4) is 5.75 Å². The van der Waals surface area contributed by atoms with Crippen molar-refractivity contribution in [2.24, 2.45) is 0 Å². The molecule has 1 N–H and O–H groups in total. The lowest BCUT2D eigenvalue weighted by Crippen LogP contribution is -2.43. The largest absolute Gasteiger partial charge is 0.496 e. The summed E-state index contributed by atoms with van der Waals surface area (Å²) in [6, 6.07) is 4.22. The molecule has 0 spiro atoms. The van der Waals surface area contributed by atoms with Gasteiger partial charge in [-0.3, -0.25) is 4.90 Å². The zero-order valence-corrected chi connectivity index (χ0v) is 12.4. The van der Waals surface area contributed by atoms with Crippen molar-refractivity contribution in [1.29, 1.82) is 0 Å². The Hall–Kier alpha value is -1.06. The molecular formula is C15H25NO2. The van der Waals surface area contributed by atoms with Gasteiger partial charge in [-0.2, -0.15) is 0 Å². The summed E-state index contributed by atoms with van der Waals surface area (Å²) in [5, 5.41) is 9.41. The molecule has 1 aromatic carbocycles.